The number of nitrogens with one attached hydrogen (secondary N) is 1. The van der Waals surface area contributed by atoms with Crippen LogP contribution in [0.3, 0.4) is 0 Å². The average Bonchev–Trinajstić information content (AvgIpc) is 2.88. The molecule has 0 fully saturated rings. The fraction of sp³-hybridized carbons (Fsp3) is 0.300. The maximum atomic E-state index is 13.3. The number of hydrogen-bond donors (Lipinski definition) is 2. The van der Waals surface area contributed by atoms with E-state index in [1.54, 1.807) is 37.3 Å². The highest BCUT2D eigenvalue weighted by Gasteiger charge is 2.25. The summed E-state index contributed by atoms with van der Waals surface area (Å²) in [5.74, 6) is -0.766. The molecular formula is C30H36FN3O4S. The number of nitrogens with two attached hydrogens (primary N) is 1. The fourth-order valence-electron chi connectivity index (χ4n) is 4.22. The van der Waals surface area contributed by atoms with E-state index in [2.05, 4.69) is 11.9 Å². The first-order valence-electron chi connectivity index (χ1n) is 12.6. The van der Waals surface area contributed by atoms with Crippen molar-refractivity contribution in [2.75, 3.05) is 24.2 Å². The van der Waals surface area contributed by atoms with Crippen LogP contribution in [0.1, 0.15) is 46.4 Å². The van der Waals surface area contributed by atoms with Gasteiger partial charge in [0.15, 0.2) is 0 Å². The van der Waals surface area contributed by atoms with E-state index in [1.165, 1.54) is 25.2 Å². The molecule has 0 aliphatic carbocycles. The SMILES string of the molecule is C=CCC(N)(COCc1cc(C(=O)NC(C)c2ccc(F)cc2)cc(N(C)S(C)(=O)=O)c1)Cc1ccccc1. The highest BCUT2D eigenvalue weighted by molar-refractivity contribution is 7.92. The Labute approximate surface area is 230 Å². The van der Waals surface area contributed by atoms with Crippen LogP contribution in [-0.2, 0) is 27.8 Å². The Morgan fingerprint density at radius 3 is 2.41 bits per heavy atom. The third-order valence-corrected chi connectivity index (χ3v) is 7.63. The number of carbonyl (C=O) groups is 1. The van der Waals surface area contributed by atoms with Crippen molar-refractivity contribution in [3.8, 4) is 0 Å². The van der Waals surface area contributed by atoms with Gasteiger partial charge in [0.25, 0.3) is 5.91 Å². The Hall–Kier alpha value is -3.53. The summed E-state index contributed by atoms with van der Waals surface area (Å²) in [5.41, 5.74) is 9.00. The summed E-state index contributed by atoms with van der Waals surface area (Å²) in [6, 6.07) is 20.2. The topological polar surface area (TPSA) is 102 Å². The van der Waals surface area contributed by atoms with Crippen LogP contribution in [0.25, 0.3) is 0 Å². The van der Waals surface area contributed by atoms with E-state index in [1.807, 2.05) is 30.3 Å². The lowest BCUT2D eigenvalue weighted by Crippen LogP contribution is -2.46. The number of ether oxygens (including phenoxy) is 1. The molecule has 0 bridgehead atoms. The van der Waals surface area contributed by atoms with Crippen LogP contribution in [0, 0.1) is 5.82 Å². The lowest BCUT2D eigenvalue weighted by Gasteiger charge is -2.28. The number of halogens is 1. The van der Waals surface area contributed by atoms with Crippen LogP contribution in [0.5, 0.6) is 0 Å². The number of amides is 1. The molecule has 1 amide bonds. The molecule has 39 heavy (non-hydrogen) atoms. The summed E-state index contributed by atoms with van der Waals surface area (Å²) < 4.78 is 44.9. The number of rotatable bonds is 13. The number of nitrogens with zero attached hydrogens (tertiary/aromatic N) is 1. The molecule has 3 aromatic carbocycles. The Bertz CT molecular complexity index is 1380. The van der Waals surface area contributed by atoms with Crippen molar-refractivity contribution < 1.29 is 22.3 Å². The summed E-state index contributed by atoms with van der Waals surface area (Å²) in [4.78, 5) is 13.2. The number of carbonyl (C=O) groups excluding carboxylic acids is 1. The average molecular weight is 554 g/mol. The molecule has 0 saturated heterocycles. The molecule has 0 spiro atoms. The highest BCUT2D eigenvalue weighted by Crippen LogP contribution is 2.23. The Kier molecular flexibility index (Phi) is 10.0. The molecular weight excluding hydrogens is 517 g/mol. The number of sulfonamides is 1. The van der Waals surface area contributed by atoms with Crippen molar-refractivity contribution in [3.05, 3.63) is 114 Å². The summed E-state index contributed by atoms with van der Waals surface area (Å²) in [6.07, 6.45) is 3.98. The smallest absolute Gasteiger partial charge is 0.251 e. The van der Waals surface area contributed by atoms with Crippen molar-refractivity contribution in [2.45, 2.75) is 38.0 Å². The van der Waals surface area contributed by atoms with Gasteiger partial charge in [-0.05, 0) is 66.8 Å². The van der Waals surface area contributed by atoms with E-state index in [0.29, 0.717) is 24.1 Å². The zero-order chi connectivity index (χ0) is 28.6. The molecule has 3 N–H and O–H groups in total. The highest BCUT2D eigenvalue weighted by atomic mass is 32.2. The van der Waals surface area contributed by atoms with Gasteiger partial charge in [0, 0.05) is 18.2 Å². The fourth-order valence-corrected chi connectivity index (χ4v) is 4.71. The molecule has 0 aliphatic heterocycles. The van der Waals surface area contributed by atoms with Crippen molar-refractivity contribution in [1.29, 1.82) is 0 Å². The molecule has 0 aromatic heterocycles. The zero-order valence-electron chi connectivity index (χ0n) is 22.6. The Balaban J connectivity index is 1.80. The van der Waals surface area contributed by atoms with Crippen LogP contribution < -0.4 is 15.4 Å². The first kappa shape index (κ1) is 30.0. The van der Waals surface area contributed by atoms with E-state index >= 15 is 0 Å². The summed E-state index contributed by atoms with van der Waals surface area (Å²) >= 11 is 0. The van der Waals surface area contributed by atoms with E-state index in [-0.39, 0.29) is 24.6 Å². The minimum atomic E-state index is -3.58. The quantitative estimate of drug-likeness (QED) is 0.298. The maximum absolute atomic E-state index is 13.3. The molecule has 0 radical (unpaired) electrons. The van der Waals surface area contributed by atoms with Crippen molar-refractivity contribution >= 4 is 21.6 Å². The predicted octanol–water partition coefficient (Wildman–Crippen LogP) is 4.75. The van der Waals surface area contributed by atoms with Gasteiger partial charge in [0.1, 0.15) is 5.82 Å². The molecule has 9 heteroatoms. The second-order valence-electron chi connectivity index (χ2n) is 9.88. The van der Waals surface area contributed by atoms with Gasteiger partial charge in [0.05, 0.1) is 31.2 Å². The normalized spacial score (nSPS) is 13.8. The molecule has 0 heterocycles. The summed E-state index contributed by atoms with van der Waals surface area (Å²) in [7, 11) is -2.15. The molecule has 3 aromatic rings. The zero-order valence-corrected chi connectivity index (χ0v) is 23.4. The van der Waals surface area contributed by atoms with Crippen LogP contribution in [0.4, 0.5) is 10.1 Å². The summed E-state index contributed by atoms with van der Waals surface area (Å²) in [5, 5.41) is 2.89. The molecule has 3 rings (SSSR count). The molecule has 2 atom stereocenters. The second-order valence-corrected chi connectivity index (χ2v) is 11.9. The molecule has 0 saturated carbocycles. The largest absolute Gasteiger partial charge is 0.375 e. The lowest BCUT2D eigenvalue weighted by atomic mass is 9.89. The van der Waals surface area contributed by atoms with Gasteiger partial charge in [0.2, 0.25) is 10.0 Å². The third-order valence-electron chi connectivity index (χ3n) is 6.43. The molecule has 208 valence electrons. The summed E-state index contributed by atoms with van der Waals surface area (Å²) in [6.45, 7) is 5.95. The first-order chi connectivity index (χ1) is 18.4. The predicted molar refractivity (Wildman–Crippen MR) is 154 cm³/mol. The van der Waals surface area contributed by atoms with Crippen molar-refractivity contribution in [3.63, 3.8) is 0 Å². The number of anilines is 1. The third kappa shape index (κ3) is 8.74. The molecule has 2 unspecified atom stereocenters. The van der Waals surface area contributed by atoms with Crippen LogP contribution >= 0.6 is 0 Å². The monoisotopic (exact) mass is 553 g/mol. The Morgan fingerprint density at radius 1 is 1.13 bits per heavy atom. The van der Waals surface area contributed by atoms with E-state index in [4.69, 9.17) is 10.5 Å². The maximum Gasteiger partial charge on any atom is 0.251 e. The lowest BCUT2D eigenvalue weighted by molar-refractivity contribution is 0.0735. The minimum absolute atomic E-state index is 0.115. The Morgan fingerprint density at radius 2 is 1.79 bits per heavy atom. The number of hydrogen-bond acceptors (Lipinski definition) is 5. The minimum Gasteiger partial charge on any atom is -0.375 e. The van der Waals surface area contributed by atoms with Crippen molar-refractivity contribution in [1.82, 2.24) is 5.32 Å². The van der Waals surface area contributed by atoms with Gasteiger partial charge >= 0.3 is 0 Å². The van der Waals surface area contributed by atoms with Crippen molar-refractivity contribution in [2.24, 2.45) is 5.73 Å². The number of benzene rings is 3. The van der Waals surface area contributed by atoms with Gasteiger partial charge in [-0.25, -0.2) is 12.8 Å². The van der Waals surface area contributed by atoms with Crippen LogP contribution in [-0.4, -0.2) is 39.8 Å². The van der Waals surface area contributed by atoms with E-state index < -0.39 is 27.5 Å². The standard InChI is InChI=1S/C30H36FN3O4S/c1-5-15-30(32,19-23-9-7-6-8-10-23)21-38-20-24-16-26(18-28(17-24)34(3)39(4,36)37)29(35)33-22(2)25-11-13-27(31)14-12-25/h5-14,16-18,22H,1,15,19-21,32H2,2-4H3,(H,33,35). The second kappa shape index (κ2) is 13.0. The van der Waals surface area contributed by atoms with Crippen LogP contribution in [0.2, 0.25) is 0 Å². The first-order valence-corrected chi connectivity index (χ1v) is 14.4. The molecule has 0 aliphatic rings. The van der Waals surface area contributed by atoms with Gasteiger partial charge in [-0.15, -0.1) is 6.58 Å². The van der Waals surface area contributed by atoms with E-state index in [0.717, 1.165) is 21.7 Å². The van der Waals surface area contributed by atoms with Gasteiger partial charge < -0.3 is 15.8 Å². The van der Waals surface area contributed by atoms with E-state index in [9.17, 15) is 17.6 Å². The van der Waals surface area contributed by atoms with Crippen LogP contribution in [0.15, 0.2) is 85.5 Å². The molecule has 7 nitrogen and oxygen atoms in total. The van der Waals surface area contributed by atoms with Gasteiger partial charge in [-0.2, -0.15) is 0 Å². The van der Waals surface area contributed by atoms with Gasteiger partial charge in [-0.1, -0.05) is 48.5 Å². The van der Waals surface area contributed by atoms with Gasteiger partial charge in [-0.3, -0.25) is 9.10 Å².